The Labute approximate surface area is 245 Å². The number of pyridine rings is 1. The first-order chi connectivity index (χ1) is 19.5. The van der Waals surface area contributed by atoms with Gasteiger partial charge in [0.2, 0.25) is 0 Å². The molecule has 5 rings (SSSR count). The predicted octanol–water partition coefficient (Wildman–Crippen LogP) is 7.95. The van der Waals surface area contributed by atoms with Crippen LogP contribution in [0.15, 0.2) is 85.2 Å². The van der Waals surface area contributed by atoms with E-state index in [-0.39, 0.29) is 24.4 Å². The van der Waals surface area contributed by atoms with Crippen molar-refractivity contribution in [2.24, 2.45) is 0 Å². The van der Waals surface area contributed by atoms with Crippen molar-refractivity contribution in [3.05, 3.63) is 123 Å². The van der Waals surface area contributed by atoms with Crippen LogP contribution in [0.2, 0.25) is 10.0 Å². The number of likely N-dealkylation sites (N-methyl/N-ethyl adjacent to an activating group) is 1. The number of rotatable bonds is 6. The van der Waals surface area contributed by atoms with E-state index in [4.69, 9.17) is 23.2 Å². The third-order valence-corrected chi connectivity index (χ3v) is 8.15. The highest BCUT2D eigenvalue weighted by Gasteiger charge is 2.39. The highest BCUT2D eigenvalue weighted by molar-refractivity contribution is 6.42. The number of aromatic nitrogens is 1. The van der Waals surface area contributed by atoms with E-state index in [9.17, 15) is 22.4 Å². The molecule has 10 heteroatoms. The third kappa shape index (κ3) is 6.40. The lowest BCUT2D eigenvalue weighted by Crippen LogP contribution is -2.38. The Balaban J connectivity index is 1.39. The predicted molar refractivity (Wildman–Crippen MR) is 151 cm³/mol. The molecule has 0 aliphatic carbocycles. The molecule has 1 aromatic heterocycles. The van der Waals surface area contributed by atoms with Gasteiger partial charge in [-0.2, -0.15) is 13.2 Å². The molecule has 1 amide bonds. The first kappa shape index (κ1) is 29.0. The van der Waals surface area contributed by atoms with Gasteiger partial charge in [-0.1, -0.05) is 53.5 Å². The van der Waals surface area contributed by atoms with Crippen LogP contribution in [-0.4, -0.2) is 46.9 Å². The zero-order valence-corrected chi connectivity index (χ0v) is 23.4. The van der Waals surface area contributed by atoms with Gasteiger partial charge in [-0.05, 0) is 71.8 Å². The number of hydrogen-bond donors (Lipinski definition) is 0. The van der Waals surface area contributed by atoms with E-state index >= 15 is 0 Å². The van der Waals surface area contributed by atoms with Gasteiger partial charge in [0.25, 0.3) is 5.91 Å². The maximum absolute atomic E-state index is 14.3. The first-order valence-corrected chi connectivity index (χ1v) is 13.6. The fourth-order valence-electron chi connectivity index (χ4n) is 5.28. The molecule has 1 fully saturated rings. The average Bonchev–Trinajstić information content (AvgIpc) is 3.40. The number of benzene rings is 3. The second-order valence-corrected chi connectivity index (χ2v) is 10.9. The molecule has 4 aromatic rings. The van der Waals surface area contributed by atoms with Gasteiger partial charge in [-0.15, -0.1) is 0 Å². The molecule has 0 radical (unpaired) electrons. The number of carbonyl (C=O) groups is 1. The molecule has 212 valence electrons. The smallest absolute Gasteiger partial charge is 0.336 e. The van der Waals surface area contributed by atoms with Gasteiger partial charge in [-0.25, -0.2) is 4.39 Å². The van der Waals surface area contributed by atoms with Crippen molar-refractivity contribution in [3.63, 3.8) is 0 Å². The number of hydrogen-bond acceptors (Lipinski definition) is 3. The van der Waals surface area contributed by atoms with Crippen molar-refractivity contribution >= 4 is 29.1 Å². The van der Waals surface area contributed by atoms with E-state index < -0.39 is 17.6 Å². The molecule has 1 saturated heterocycles. The van der Waals surface area contributed by atoms with Crippen molar-refractivity contribution < 1.29 is 22.4 Å². The second-order valence-electron chi connectivity index (χ2n) is 10.1. The van der Waals surface area contributed by atoms with Crippen LogP contribution in [0.3, 0.4) is 0 Å². The van der Waals surface area contributed by atoms with Gasteiger partial charge in [0.1, 0.15) is 5.82 Å². The number of halogens is 6. The van der Waals surface area contributed by atoms with Gasteiger partial charge in [0.15, 0.2) is 0 Å². The van der Waals surface area contributed by atoms with Crippen LogP contribution in [0, 0.1) is 5.82 Å². The number of carbonyl (C=O) groups excluding carboxylic acids is 1. The minimum absolute atomic E-state index is 0.149. The minimum atomic E-state index is -4.77. The lowest BCUT2D eigenvalue weighted by Gasteiger charge is -2.29. The van der Waals surface area contributed by atoms with Crippen LogP contribution in [0.4, 0.5) is 17.6 Å². The van der Waals surface area contributed by atoms with Crippen molar-refractivity contribution in [3.8, 4) is 11.1 Å². The van der Waals surface area contributed by atoms with Gasteiger partial charge in [0.05, 0.1) is 15.6 Å². The molecule has 0 unspecified atom stereocenters. The number of alkyl halides is 3. The third-order valence-electron chi connectivity index (χ3n) is 7.41. The standard InChI is InChI=1S/C31H25Cl2F4N3O/c1-39(16-19-4-10-25(28(34)13-19)31(35,36)37)29-18-40(17-24(29)22-9-11-26(32)27(33)14-22)30(41)21-7-5-20(6-8-21)23-3-2-12-38-15-23/h2-15,24,29H,16-18H2,1H3/t24-,29-/m1/s1. The topological polar surface area (TPSA) is 36.4 Å². The Kier molecular flexibility index (Phi) is 8.36. The largest absolute Gasteiger partial charge is 0.419 e. The maximum atomic E-state index is 14.3. The van der Waals surface area contributed by atoms with E-state index in [2.05, 4.69) is 4.98 Å². The van der Waals surface area contributed by atoms with E-state index in [0.29, 0.717) is 34.3 Å². The summed E-state index contributed by atoms with van der Waals surface area (Å²) in [6, 6.07) is 19.1. The summed E-state index contributed by atoms with van der Waals surface area (Å²) < 4.78 is 53.4. The molecule has 4 nitrogen and oxygen atoms in total. The van der Waals surface area contributed by atoms with Crippen molar-refractivity contribution in [1.82, 2.24) is 14.8 Å². The van der Waals surface area contributed by atoms with Crippen molar-refractivity contribution in [2.75, 3.05) is 20.1 Å². The molecule has 1 aliphatic rings. The van der Waals surface area contributed by atoms with Crippen LogP contribution < -0.4 is 0 Å². The van der Waals surface area contributed by atoms with Crippen molar-refractivity contribution in [1.29, 1.82) is 0 Å². The SMILES string of the molecule is CN(Cc1ccc(C(F)(F)F)c(F)c1)[C@@H]1CN(C(=O)c2ccc(-c3cccnc3)cc2)C[C@@H]1c1ccc(Cl)c(Cl)c1. The average molecular weight is 602 g/mol. The summed E-state index contributed by atoms with van der Waals surface area (Å²) in [5, 5.41) is 0.784. The summed E-state index contributed by atoms with van der Waals surface area (Å²) in [7, 11) is 1.81. The summed E-state index contributed by atoms with van der Waals surface area (Å²) in [5.74, 6) is -1.64. The zero-order chi connectivity index (χ0) is 29.3. The lowest BCUT2D eigenvalue weighted by molar-refractivity contribution is -0.140. The number of nitrogens with zero attached hydrogens (tertiary/aromatic N) is 3. The highest BCUT2D eigenvalue weighted by atomic mass is 35.5. The van der Waals surface area contributed by atoms with E-state index in [1.807, 2.05) is 35.2 Å². The molecule has 0 spiro atoms. The number of amides is 1. The van der Waals surface area contributed by atoms with Crippen LogP contribution in [-0.2, 0) is 12.7 Å². The van der Waals surface area contributed by atoms with Gasteiger partial charge < -0.3 is 4.90 Å². The monoisotopic (exact) mass is 601 g/mol. The minimum Gasteiger partial charge on any atom is -0.336 e. The van der Waals surface area contributed by atoms with Gasteiger partial charge in [-0.3, -0.25) is 14.7 Å². The summed E-state index contributed by atoms with van der Waals surface area (Å²) >= 11 is 12.5. The summed E-state index contributed by atoms with van der Waals surface area (Å²) in [6.07, 6.45) is -1.32. The quantitative estimate of drug-likeness (QED) is 0.210. The van der Waals surface area contributed by atoms with Gasteiger partial charge in [0, 0.05) is 49.6 Å². The fourth-order valence-corrected chi connectivity index (χ4v) is 5.59. The molecule has 2 atom stereocenters. The summed E-state index contributed by atoms with van der Waals surface area (Å²) in [4.78, 5) is 21.4. The van der Waals surface area contributed by atoms with E-state index in [1.54, 1.807) is 48.6 Å². The molecular weight excluding hydrogens is 577 g/mol. The normalized spacial score (nSPS) is 17.3. The molecule has 1 aliphatic heterocycles. The zero-order valence-electron chi connectivity index (χ0n) is 21.9. The number of likely N-dealkylation sites (tertiary alicyclic amines) is 1. The second kappa shape index (κ2) is 11.8. The fraction of sp³-hybridized carbons (Fsp3) is 0.226. The molecule has 0 N–H and O–H groups in total. The van der Waals surface area contributed by atoms with E-state index in [1.165, 1.54) is 6.07 Å². The Morgan fingerprint density at radius 3 is 2.37 bits per heavy atom. The molecule has 0 bridgehead atoms. The van der Waals surface area contributed by atoms with E-state index in [0.717, 1.165) is 28.8 Å². The Morgan fingerprint density at radius 1 is 0.976 bits per heavy atom. The van der Waals surface area contributed by atoms with Crippen LogP contribution in [0.1, 0.15) is 33.0 Å². The molecular formula is C31H25Cl2F4N3O. The lowest BCUT2D eigenvalue weighted by atomic mass is 9.93. The van der Waals surface area contributed by atoms with Crippen LogP contribution >= 0.6 is 23.2 Å². The Morgan fingerprint density at radius 2 is 1.73 bits per heavy atom. The Hall–Kier alpha value is -3.46. The summed E-state index contributed by atoms with van der Waals surface area (Å²) in [5.41, 5.74) is 2.36. The Bertz CT molecular complexity index is 1550. The molecule has 2 heterocycles. The summed E-state index contributed by atoms with van der Waals surface area (Å²) in [6.45, 7) is 0.921. The van der Waals surface area contributed by atoms with Gasteiger partial charge >= 0.3 is 6.18 Å². The molecule has 3 aromatic carbocycles. The first-order valence-electron chi connectivity index (χ1n) is 12.8. The maximum Gasteiger partial charge on any atom is 0.419 e. The van der Waals surface area contributed by atoms with Crippen molar-refractivity contribution in [2.45, 2.75) is 24.7 Å². The van der Waals surface area contributed by atoms with Crippen LogP contribution in [0.25, 0.3) is 11.1 Å². The van der Waals surface area contributed by atoms with Crippen LogP contribution in [0.5, 0.6) is 0 Å². The molecule has 0 saturated carbocycles. The highest BCUT2D eigenvalue weighted by Crippen LogP contribution is 2.36. The molecule has 41 heavy (non-hydrogen) atoms.